The fourth-order valence-electron chi connectivity index (χ4n) is 1.31. The van der Waals surface area contributed by atoms with E-state index in [-0.39, 0.29) is 12.2 Å². The highest BCUT2D eigenvalue weighted by molar-refractivity contribution is 7.16. The van der Waals surface area contributed by atoms with Crippen LogP contribution in [0.15, 0.2) is 12.1 Å². The Morgan fingerprint density at radius 2 is 2.38 bits per heavy atom. The summed E-state index contributed by atoms with van der Waals surface area (Å²) in [5.74, 6) is -0.0331. The average Bonchev–Trinajstić information content (AvgIpc) is 2.61. The van der Waals surface area contributed by atoms with Crippen LogP contribution in [0.3, 0.4) is 0 Å². The van der Waals surface area contributed by atoms with Gasteiger partial charge in [0.15, 0.2) is 5.78 Å². The molecule has 0 aromatic carbocycles. The van der Waals surface area contributed by atoms with Crippen molar-refractivity contribution in [2.45, 2.75) is 12.8 Å². The van der Waals surface area contributed by atoms with Crippen molar-refractivity contribution in [3.8, 4) is 6.07 Å². The molecule has 16 heavy (non-hydrogen) atoms. The molecular weight excluding hydrogens is 244 g/mol. The Kier molecular flexibility index (Phi) is 5.47. The summed E-state index contributed by atoms with van der Waals surface area (Å²) in [5.41, 5.74) is 0. The second kappa shape index (κ2) is 6.64. The first-order valence-electron chi connectivity index (χ1n) is 4.93. The fourth-order valence-corrected chi connectivity index (χ4v) is 2.39. The van der Waals surface area contributed by atoms with Crippen LogP contribution in [0.5, 0.6) is 0 Å². The average molecular weight is 257 g/mol. The second-order valence-electron chi connectivity index (χ2n) is 3.57. The van der Waals surface area contributed by atoms with Crippen molar-refractivity contribution in [1.29, 1.82) is 5.26 Å². The molecule has 0 radical (unpaired) electrons. The normalized spacial score (nSPS) is 10.4. The summed E-state index contributed by atoms with van der Waals surface area (Å²) in [6, 6.07) is 5.73. The molecule has 0 saturated heterocycles. The lowest BCUT2D eigenvalue weighted by Gasteiger charge is -2.13. The molecular formula is C11H13ClN2OS. The number of halogens is 1. The van der Waals surface area contributed by atoms with Gasteiger partial charge in [0, 0.05) is 11.4 Å². The molecule has 1 rings (SSSR count). The first-order valence-corrected chi connectivity index (χ1v) is 6.12. The predicted molar refractivity (Wildman–Crippen MR) is 65.8 cm³/mol. The van der Waals surface area contributed by atoms with Gasteiger partial charge in [-0.2, -0.15) is 5.26 Å². The Bertz CT molecular complexity index is 397. The number of nitrogens with zero attached hydrogens (tertiary/aromatic N) is 2. The van der Waals surface area contributed by atoms with Crippen molar-refractivity contribution in [2.75, 3.05) is 20.1 Å². The maximum atomic E-state index is 11.2. The van der Waals surface area contributed by atoms with Crippen LogP contribution in [0.4, 0.5) is 0 Å². The van der Waals surface area contributed by atoms with Crippen molar-refractivity contribution in [3.63, 3.8) is 0 Å². The second-order valence-corrected chi connectivity index (χ2v) is 5.37. The number of nitriles is 1. The molecule has 86 valence electrons. The third kappa shape index (κ3) is 4.75. The number of Topliss-reactive ketones (excluding diaryl/α,β-unsaturated/α-hetero) is 1. The maximum Gasteiger partial charge on any atom is 0.160 e. The molecule has 0 spiro atoms. The van der Waals surface area contributed by atoms with Gasteiger partial charge in [-0.3, -0.25) is 9.69 Å². The number of likely N-dealkylation sites (N-methyl/N-ethyl adjacent to an activating group) is 1. The van der Waals surface area contributed by atoms with E-state index in [2.05, 4.69) is 0 Å². The highest BCUT2D eigenvalue weighted by atomic mass is 35.5. The van der Waals surface area contributed by atoms with E-state index < -0.39 is 0 Å². The Morgan fingerprint density at radius 1 is 1.62 bits per heavy atom. The van der Waals surface area contributed by atoms with Gasteiger partial charge in [-0.25, -0.2) is 0 Å². The van der Waals surface area contributed by atoms with Crippen molar-refractivity contribution in [3.05, 3.63) is 21.3 Å². The molecule has 0 saturated carbocycles. The Balaban J connectivity index is 2.28. The third-order valence-corrected chi connectivity index (χ3v) is 3.38. The van der Waals surface area contributed by atoms with Crippen LogP contribution in [0.2, 0.25) is 4.34 Å². The molecule has 0 aliphatic heterocycles. The predicted octanol–water partition coefficient (Wildman–Crippen LogP) is 2.36. The topological polar surface area (TPSA) is 44.1 Å². The molecule has 0 aliphatic carbocycles. The molecule has 0 atom stereocenters. The van der Waals surface area contributed by atoms with Crippen molar-refractivity contribution in [1.82, 2.24) is 4.90 Å². The van der Waals surface area contributed by atoms with Crippen molar-refractivity contribution in [2.24, 2.45) is 0 Å². The molecule has 1 heterocycles. The zero-order valence-electron chi connectivity index (χ0n) is 9.07. The smallest absolute Gasteiger partial charge is 0.160 e. The Hall–Kier alpha value is -0.890. The molecule has 0 fully saturated rings. The molecule has 5 heteroatoms. The SMILES string of the molecule is CN(CCc1ccc(Cl)s1)CC(=O)CC#N. The van der Waals surface area contributed by atoms with Crippen LogP contribution in [0.25, 0.3) is 0 Å². The van der Waals surface area contributed by atoms with Crippen molar-refractivity contribution >= 4 is 28.7 Å². The zero-order chi connectivity index (χ0) is 12.0. The van der Waals surface area contributed by atoms with E-state index in [1.54, 1.807) is 11.3 Å². The monoisotopic (exact) mass is 256 g/mol. The number of rotatable bonds is 6. The van der Waals surface area contributed by atoms with Crippen LogP contribution in [0, 0.1) is 11.3 Å². The van der Waals surface area contributed by atoms with Crippen LogP contribution >= 0.6 is 22.9 Å². The van der Waals surface area contributed by atoms with Gasteiger partial charge in [0.1, 0.15) is 0 Å². The molecule has 1 aromatic heterocycles. The van der Waals surface area contributed by atoms with E-state index >= 15 is 0 Å². The minimum absolute atomic E-state index is 0.00479. The molecule has 0 amide bonds. The summed E-state index contributed by atoms with van der Waals surface area (Å²) in [6.45, 7) is 1.14. The van der Waals surface area contributed by atoms with Crippen LogP contribution in [0.1, 0.15) is 11.3 Å². The molecule has 0 N–H and O–H groups in total. The van der Waals surface area contributed by atoms with E-state index in [0.717, 1.165) is 17.3 Å². The number of hydrogen-bond acceptors (Lipinski definition) is 4. The third-order valence-electron chi connectivity index (χ3n) is 2.09. The highest BCUT2D eigenvalue weighted by Gasteiger charge is 2.06. The van der Waals surface area contributed by atoms with Gasteiger partial charge in [0.05, 0.1) is 23.4 Å². The van der Waals surface area contributed by atoms with Gasteiger partial charge in [-0.15, -0.1) is 11.3 Å². The van der Waals surface area contributed by atoms with Crippen LogP contribution < -0.4 is 0 Å². The van der Waals surface area contributed by atoms with E-state index in [9.17, 15) is 4.79 Å². The summed E-state index contributed by atoms with van der Waals surface area (Å²) in [6.07, 6.45) is 0.878. The Morgan fingerprint density at radius 3 is 2.94 bits per heavy atom. The molecule has 0 unspecified atom stereocenters. The Labute approximate surface area is 104 Å². The first-order chi connectivity index (χ1) is 7.61. The highest BCUT2D eigenvalue weighted by Crippen LogP contribution is 2.21. The fraction of sp³-hybridized carbons (Fsp3) is 0.455. The first kappa shape index (κ1) is 13.2. The van der Waals surface area contributed by atoms with Gasteiger partial charge in [-0.1, -0.05) is 11.6 Å². The minimum Gasteiger partial charge on any atom is -0.299 e. The number of carbonyl (C=O) groups excluding carboxylic acids is 1. The number of ketones is 1. The number of carbonyl (C=O) groups is 1. The van der Waals surface area contributed by atoms with Gasteiger partial charge in [0.2, 0.25) is 0 Å². The summed E-state index contributed by atoms with van der Waals surface area (Å²) in [4.78, 5) is 14.3. The van der Waals surface area contributed by atoms with Gasteiger partial charge >= 0.3 is 0 Å². The summed E-state index contributed by atoms with van der Waals surface area (Å²) >= 11 is 7.38. The zero-order valence-corrected chi connectivity index (χ0v) is 10.6. The lowest BCUT2D eigenvalue weighted by Crippen LogP contribution is -2.27. The minimum atomic E-state index is -0.0331. The van der Waals surface area contributed by atoms with Gasteiger partial charge in [0.25, 0.3) is 0 Å². The van der Waals surface area contributed by atoms with Crippen LogP contribution in [-0.2, 0) is 11.2 Å². The quantitative estimate of drug-likeness (QED) is 0.785. The van der Waals surface area contributed by atoms with Crippen LogP contribution in [-0.4, -0.2) is 30.8 Å². The van der Waals surface area contributed by atoms with E-state index in [4.69, 9.17) is 16.9 Å². The lowest BCUT2D eigenvalue weighted by atomic mass is 10.2. The standard InChI is InChI=1S/C11H13ClN2OS/c1-14(8-9(15)4-6-13)7-5-10-2-3-11(12)16-10/h2-3H,4-5,7-8H2,1H3. The summed E-state index contributed by atoms with van der Waals surface area (Å²) in [5, 5.41) is 8.36. The summed E-state index contributed by atoms with van der Waals surface area (Å²) in [7, 11) is 1.88. The van der Waals surface area contributed by atoms with E-state index in [1.165, 1.54) is 4.88 Å². The molecule has 3 nitrogen and oxygen atoms in total. The molecule has 0 aliphatic rings. The lowest BCUT2D eigenvalue weighted by molar-refractivity contribution is -0.118. The largest absolute Gasteiger partial charge is 0.299 e. The molecule has 0 bridgehead atoms. The van der Waals surface area contributed by atoms with E-state index in [0.29, 0.717) is 6.54 Å². The van der Waals surface area contributed by atoms with Crippen molar-refractivity contribution < 1.29 is 4.79 Å². The maximum absolute atomic E-state index is 11.2. The van der Waals surface area contributed by atoms with Gasteiger partial charge < -0.3 is 0 Å². The van der Waals surface area contributed by atoms with E-state index in [1.807, 2.05) is 30.1 Å². The number of hydrogen-bond donors (Lipinski definition) is 0. The summed E-state index contributed by atoms with van der Waals surface area (Å²) < 4.78 is 0.790. The number of thiophene rings is 1. The molecule has 1 aromatic rings. The van der Waals surface area contributed by atoms with Gasteiger partial charge in [-0.05, 0) is 25.6 Å².